The Kier molecular flexibility index (Phi) is 7.46. The molecule has 0 fully saturated rings. The van der Waals surface area contributed by atoms with Crippen molar-refractivity contribution in [2.45, 2.75) is 26.8 Å². The zero-order chi connectivity index (χ0) is 15.7. The van der Waals surface area contributed by atoms with Crippen LogP contribution in [-0.2, 0) is 16.1 Å². The van der Waals surface area contributed by atoms with Gasteiger partial charge in [0.05, 0.1) is 13.1 Å². The monoisotopic (exact) mass is 291 g/mol. The fraction of sp³-hybridized carbons (Fsp3) is 0.500. The van der Waals surface area contributed by atoms with Gasteiger partial charge >= 0.3 is 0 Å². The Bertz CT molecular complexity index is 457. The zero-order valence-corrected chi connectivity index (χ0v) is 13.1. The molecule has 0 unspecified atom stereocenters. The number of hydrogen-bond donors (Lipinski definition) is 2. The standard InChI is InChI=1S/C16H25N3O2/c1-4-9-17-15(20)10-18-16(21)12-19(3)11-14-7-5-13(2)6-8-14/h5-8H,4,9-12H2,1-3H3,(H,17,20)(H,18,21). The van der Waals surface area contributed by atoms with Crippen LogP contribution < -0.4 is 10.6 Å². The molecule has 0 aliphatic heterocycles. The van der Waals surface area contributed by atoms with E-state index in [4.69, 9.17) is 0 Å². The number of carbonyl (C=O) groups excluding carboxylic acids is 2. The van der Waals surface area contributed by atoms with E-state index in [-0.39, 0.29) is 24.9 Å². The maximum atomic E-state index is 11.7. The third-order valence-electron chi connectivity index (χ3n) is 3.00. The second kappa shape index (κ2) is 9.13. The van der Waals surface area contributed by atoms with Gasteiger partial charge in [0.15, 0.2) is 0 Å². The van der Waals surface area contributed by atoms with E-state index in [0.717, 1.165) is 12.0 Å². The van der Waals surface area contributed by atoms with Crippen LogP contribution in [0.15, 0.2) is 24.3 Å². The molecule has 0 atom stereocenters. The number of hydrogen-bond acceptors (Lipinski definition) is 3. The molecule has 0 saturated carbocycles. The predicted molar refractivity (Wildman–Crippen MR) is 83.8 cm³/mol. The van der Waals surface area contributed by atoms with E-state index < -0.39 is 0 Å². The summed E-state index contributed by atoms with van der Waals surface area (Å²) in [6, 6.07) is 8.23. The molecule has 5 heteroatoms. The molecule has 0 bridgehead atoms. The Labute approximate surface area is 126 Å². The van der Waals surface area contributed by atoms with Crippen molar-refractivity contribution in [1.82, 2.24) is 15.5 Å². The minimum absolute atomic E-state index is 0.0389. The minimum atomic E-state index is -0.147. The topological polar surface area (TPSA) is 61.4 Å². The number of likely N-dealkylation sites (N-methyl/N-ethyl adjacent to an activating group) is 1. The lowest BCUT2D eigenvalue weighted by molar-refractivity contribution is -0.126. The Morgan fingerprint density at radius 2 is 1.76 bits per heavy atom. The van der Waals surface area contributed by atoms with Crippen molar-refractivity contribution in [3.8, 4) is 0 Å². The van der Waals surface area contributed by atoms with E-state index in [1.807, 2.05) is 25.8 Å². The number of amides is 2. The van der Waals surface area contributed by atoms with Crippen LogP contribution in [0.2, 0.25) is 0 Å². The van der Waals surface area contributed by atoms with E-state index in [9.17, 15) is 9.59 Å². The van der Waals surface area contributed by atoms with Gasteiger partial charge in [0.25, 0.3) is 0 Å². The Morgan fingerprint density at radius 1 is 1.10 bits per heavy atom. The highest BCUT2D eigenvalue weighted by molar-refractivity contribution is 5.85. The van der Waals surface area contributed by atoms with Crippen molar-refractivity contribution in [1.29, 1.82) is 0 Å². The molecule has 1 aromatic rings. The fourth-order valence-electron chi connectivity index (χ4n) is 1.87. The van der Waals surface area contributed by atoms with E-state index in [1.165, 1.54) is 5.56 Å². The average Bonchev–Trinajstić information content (AvgIpc) is 2.45. The van der Waals surface area contributed by atoms with E-state index >= 15 is 0 Å². The molecule has 0 saturated heterocycles. The highest BCUT2D eigenvalue weighted by Crippen LogP contribution is 2.05. The summed E-state index contributed by atoms with van der Waals surface area (Å²) >= 11 is 0. The molecule has 116 valence electrons. The summed E-state index contributed by atoms with van der Waals surface area (Å²) in [5.41, 5.74) is 2.38. The summed E-state index contributed by atoms with van der Waals surface area (Å²) in [7, 11) is 1.89. The van der Waals surface area contributed by atoms with Crippen LogP contribution >= 0.6 is 0 Å². The first kappa shape index (κ1) is 17.2. The van der Waals surface area contributed by atoms with E-state index in [0.29, 0.717) is 13.1 Å². The van der Waals surface area contributed by atoms with Gasteiger partial charge in [0.1, 0.15) is 0 Å². The number of nitrogens with one attached hydrogen (secondary N) is 2. The maximum absolute atomic E-state index is 11.7. The lowest BCUT2D eigenvalue weighted by atomic mass is 10.1. The number of rotatable bonds is 8. The SMILES string of the molecule is CCCNC(=O)CNC(=O)CN(C)Cc1ccc(C)cc1. The summed E-state index contributed by atoms with van der Waals surface area (Å²) in [6.45, 7) is 5.69. The average molecular weight is 291 g/mol. The highest BCUT2D eigenvalue weighted by atomic mass is 16.2. The third-order valence-corrected chi connectivity index (χ3v) is 3.00. The molecule has 0 spiro atoms. The molecular weight excluding hydrogens is 266 g/mol. The molecule has 1 rings (SSSR count). The Morgan fingerprint density at radius 3 is 2.38 bits per heavy atom. The molecule has 0 radical (unpaired) electrons. The number of aryl methyl sites for hydroxylation is 1. The Hall–Kier alpha value is -1.88. The molecule has 0 heterocycles. The molecule has 0 aliphatic carbocycles. The summed E-state index contributed by atoms with van der Waals surface area (Å²) in [4.78, 5) is 25.0. The smallest absolute Gasteiger partial charge is 0.239 e. The normalized spacial score (nSPS) is 10.5. The summed E-state index contributed by atoms with van der Waals surface area (Å²) in [5, 5.41) is 5.34. The maximum Gasteiger partial charge on any atom is 0.239 e. The van der Waals surface area contributed by atoms with Crippen molar-refractivity contribution in [2.24, 2.45) is 0 Å². The molecule has 1 aromatic carbocycles. The zero-order valence-electron chi connectivity index (χ0n) is 13.1. The van der Waals surface area contributed by atoms with Crippen molar-refractivity contribution >= 4 is 11.8 Å². The lowest BCUT2D eigenvalue weighted by Crippen LogP contribution is -2.41. The van der Waals surface area contributed by atoms with Crippen LogP contribution in [0.4, 0.5) is 0 Å². The van der Waals surface area contributed by atoms with Crippen LogP contribution in [-0.4, -0.2) is 43.4 Å². The molecular formula is C16H25N3O2. The number of benzene rings is 1. The largest absolute Gasteiger partial charge is 0.355 e. The first-order valence-electron chi connectivity index (χ1n) is 7.28. The van der Waals surface area contributed by atoms with Gasteiger partial charge in [-0.1, -0.05) is 36.8 Å². The molecule has 0 aliphatic rings. The second-order valence-electron chi connectivity index (χ2n) is 5.28. The first-order chi connectivity index (χ1) is 10.0. The van der Waals surface area contributed by atoms with Crippen molar-refractivity contribution in [3.63, 3.8) is 0 Å². The number of nitrogens with zero attached hydrogens (tertiary/aromatic N) is 1. The van der Waals surface area contributed by atoms with Gasteiger partial charge in [-0.2, -0.15) is 0 Å². The molecule has 2 N–H and O–H groups in total. The highest BCUT2D eigenvalue weighted by Gasteiger charge is 2.08. The van der Waals surface area contributed by atoms with Gasteiger partial charge in [-0.05, 0) is 26.0 Å². The van der Waals surface area contributed by atoms with Crippen LogP contribution in [0.1, 0.15) is 24.5 Å². The summed E-state index contributed by atoms with van der Waals surface area (Å²) in [6.07, 6.45) is 0.888. The van der Waals surface area contributed by atoms with Gasteiger partial charge in [0.2, 0.25) is 11.8 Å². The van der Waals surface area contributed by atoms with E-state index in [1.54, 1.807) is 0 Å². The molecule has 5 nitrogen and oxygen atoms in total. The third kappa shape index (κ3) is 7.46. The van der Waals surface area contributed by atoms with Gasteiger partial charge < -0.3 is 10.6 Å². The van der Waals surface area contributed by atoms with Crippen LogP contribution in [0.3, 0.4) is 0 Å². The minimum Gasteiger partial charge on any atom is -0.355 e. The number of carbonyl (C=O) groups is 2. The van der Waals surface area contributed by atoms with Crippen molar-refractivity contribution in [2.75, 3.05) is 26.7 Å². The van der Waals surface area contributed by atoms with Gasteiger partial charge in [0, 0.05) is 13.1 Å². The van der Waals surface area contributed by atoms with Gasteiger partial charge in [-0.3, -0.25) is 14.5 Å². The Balaban J connectivity index is 2.27. The summed E-state index contributed by atoms with van der Waals surface area (Å²) < 4.78 is 0. The lowest BCUT2D eigenvalue weighted by Gasteiger charge is -2.16. The van der Waals surface area contributed by atoms with E-state index in [2.05, 4.69) is 34.9 Å². The second-order valence-corrected chi connectivity index (χ2v) is 5.28. The predicted octanol–water partition coefficient (Wildman–Crippen LogP) is 1.07. The van der Waals surface area contributed by atoms with Gasteiger partial charge in [-0.15, -0.1) is 0 Å². The molecule has 21 heavy (non-hydrogen) atoms. The van der Waals surface area contributed by atoms with Crippen LogP contribution in [0.5, 0.6) is 0 Å². The summed E-state index contributed by atoms with van der Waals surface area (Å²) in [5.74, 6) is -0.289. The quantitative estimate of drug-likeness (QED) is 0.753. The molecule has 0 aromatic heterocycles. The van der Waals surface area contributed by atoms with Crippen molar-refractivity contribution < 1.29 is 9.59 Å². The van der Waals surface area contributed by atoms with Crippen molar-refractivity contribution in [3.05, 3.63) is 35.4 Å². The first-order valence-corrected chi connectivity index (χ1v) is 7.28. The fourth-order valence-corrected chi connectivity index (χ4v) is 1.87. The molecule has 2 amide bonds. The van der Waals surface area contributed by atoms with Gasteiger partial charge in [-0.25, -0.2) is 0 Å². The van der Waals surface area contributed by atoms with Crippen LogP contribution in [0, 0.1) is 6.92 Å². The van der Waals surface area contributed by atoms with Crippen LogP contribution in [0.25, 0.3) is 0 Å².